The molecule has 0 aromatic heterocycles. The number of rotatable bonds is 6. The molecule has 5 nitrogen and oxygen atoms in total. The highest BCUT2D eigenvalue weighted by atomic mass is 32.2. The van der Waals surface area contributed by atoms with Crippen molar-refractivity contribution in [1.82, 2.24) is 4.72 Å². The van der Waals surface area contributed by atoms with E-state index in [9.17, 15) is 17.6 Å². The molecule has 0 saturated heterocycles. The fourth-order valence-corrected chi connectivity index (χ4v) is 3.39. The predicted octanol–water partition coefficient (Wildman–Crippen LogP) is 2.79. The van der Waals surface area contributed by atoms with Gasteiger partial charge in [-0.2, -0.15) is 0 Å². The Hall–Kier alpha value is -2.25. The van der Waals surface area contributed by atoms with Gasteiger partial charge in [-0.25, -0.2) is 22.3 Å². The van der Waals surface area contributed by atoms with Crippen molar-refractivity contribution in [3.8, 4) is 0 Å². The van der Waals surface area contributed by atoms with E-state index in [0.29, 0.717) is 16.7 Å². The van der Waals surface area contributed by atoms with Crippen molar-refractivity contribution in [1.29, 1.82) is 0 Å². The second kappa shape index (κ2) is 7.55. The van der Waals surface area contributed by atoms with Crippen molar-refractivity contribution in [3.05, 3.63) is 65.0 Å². The summed E-state index contributed by atoms with van der Waals surface area (Å²) in [7, 11) is -3.75. The molecule has 2 rings (SSSR count). The van der Waals surface area contributed by atoms with Gasteiger partial charge in [0.15, 0.2) is 0 Å². The highest BCUT2D eigenvalue weighted by molar-refractivity contribution is 7.89. The van der Waals surface area contributed by atoms with Gasteiger partial charge in [0, 0.05) is 6.54 Å². The minimum Gasteiger partial charge on any atom is -0.462 e. The molecule has 2 aromatic rings. The number of carbonyl (C=O) groups is 1. The van der Waals surface area contributed by atoms with E-state index in [2.05, 4.69) is 4.72 Å². The molecule has 7 heteroatoms. The number of halogens is 1. The van der Waals surface area contributed by atoms with Gasteiger partial charge in [-0.05, 0) is 55.3 Å². The summed E-state index contributed by atoms with van der Waals surface area (Å²) in [6, 6.07) is 9.95. The van der Waals surface area contributed by atoms with E-state index in [1.165, 1.54) is 19.1 Å². The molecular formula is C17H18FNO4S. The maximum Gasteiger partial charge on any atom is 0.338 e. The SMILES string of the molecule is CCOC(=O)c1ccc(CNS(=O)(=O)c2ccc(F)cc2C)cc1. The molecule has 0 radical (unpaired) electrons. The molecule has 0 spiro atoms. The molecule has 0 heterocycles. The average Bonchev–Trinajstić information content (AvgIpc) is 2.53. The highest BCUT2D eigenvalue weighted by Crippen LogP contribution is 2.16. The van der Waals surface area contributed by atoms with Crippen molar-refractivity contribution in [2.24, 2.45) is 0 Å². The second-order valence-corrected chi connectivity index (χ2v) is 6.89. The number of aryl methyl sites for hydroxylation is 1. The number of benzene rings is 2. The van der Waals surface area contributed by atoms with Crippen molar-refractivity contribution in [2.75, 3.05) is 6.61 Å². The summed E-state index contributed by atoms with van der Waals surface area (Å²) in [6.07, 6.45) is 0. The zero-order chi connectivity index (χ0) is 17.7. The first-order chi connectivity index (χ1) is 11.3. The van der Waals surface area contributed by atoms with Gasteiger partial charge in [0.1, 0.15) is 5.82 Å². The van der Waals surface area contributed by atoms with Crippen molar-refractivity contribution in [3.63, 3.8) is 0 Å². The lowest BCUT2D eigenvalue weighted by Gasteiger charge is -2.10. The Balaban J connectivity index is 2.08. The van der Waals surface area contributed by atoms with Gasteiger partial charge in [0.05, 0.1) is 17.1 Å². The third-order valence-electron chi connectivity index (χ3n) is 3.36. The van der Waals surface area contributed by atoms with Crippen LogP contribution in [0.3, 0.4) is 0 Å². The molecule has 1 N–H and O–H groups in total. The predicted molar refractivity (Wildman–Crippen MR) is 87.6 cm³/mol. The quantitative estimate of drug-likeness (QED) is 0.812. The number of carbonyl (C=O) groups excluding carboxylic acids is 1. The molecule has 0 aliphatic rings. The van der Waals surface area contributed by atoms with Crippen molar-refractivity contribution in [2.45, 2.75) is 25.3 Å². The maximum atomic E-state index is 13.1. The molecule has 0 aliphatic heterocycles. The standard InChI is InChI=1S/C17H18FNO4S/c1-3-23-17(20)14-6-4-13(5-7-14)11-19-24(21,22)16-9-8-15(18)10-12(16)2/h4-10,19H,3,11H2,1-2H3. The van der Waals surface area contributed by atoms with Crippen LogP contribution in [0, 0.1) is 12.7 Å². The zero-order valence-electron chi connectivity index (χ0n) is 13.4. The van der Waals surface area contributed by atoms with Crippen molar-refractivity contribution < 1.29 is 22.3 Å². The Kier molecular flexibility index (Phi) is 5.69. The fraction of sp³-hybridized carbons (Fsp3) is 0.235. The van der Waals surface area contributed by atoms with E-state index in [4.69, 9.17) is 4.74 Å². The molecular weight excluding hydrogens is 333 g/mol. The van der Waals surface area contributed by atoms with Gasteiger partial charge in [0.25, 0.3) is 0 Å². The molecule has 0 atom stereocenters. The number of hydrogen-bond acceptors (Lipinski definition) is 4. The first-order valence-electron chi connectivity index (χ1n) is 7.35. The Morgan fingerprint density at radius 1 is 1.17 bits per heavy atom. The first kappa shape index (κ1) is 18.1. The summed E-state index contributed by atoms with van der Waals surface area (Å²) in [5, 5.41) is 0. The summed E-state index contributed by atoms with van der Waals surface area (Å²) in [4.78, 5) is 11.6. The zero-order valence-corrected chi connectivity index (χ0v) is 14.2. The molecule has 0 fully saturated rings. The van der Waals surface area contributed by atoms with E-state index >= 15 is 0 Å². The van der Waals surface area contributed by atoms with E-state index in [1.54, 1.807) is 31.2 Å². The summed E-state index contributed by atoms with van der Waals surface area (Å²) in [5.41, 5.74) is 1.42. The van der Waals surface area contributed by atoms with E-state index in [1.807, 2.05) is 0 Å². The lowest BCUT2D eigenvalue weighted by molar-refractivity contribution is 0.0526. The summed E-state index contributed by atoms with van der Waals surface area (Å²) < 4.78 is 45.0. The van der Waals surface area contributed by atoms with Gasteiger partial charge in [-0.15, -0.1) is 0 Å². The molecule has 0 unspecified atom stereocenters. The third kappa shape index (κ3) is 4.39. The lowest BCUT2D eigenvalue weighted by Crippen LogP contribution is -2.24. The van der Waals surface area contributed by atoms with Crippen LogP contribution in [0.5, 0.6) is 0 Å². The molecule has 0 aliphatic carbocycles. The van der Waals surface area contributed by atoms with Gasteiger partial charge in [-0.1, -0.05) is 12.1 Å². The Morgan fingerprint density at radius 3 is 2.42 bits per heavy atom. The number of esters is 1. The monoisotopic (exact) mass is 351 g/mol. The molecule has 0 saturated carbocycles. The second-order valence-electron chi connectivity index (χ2n) is 5.15. The number of ether oxygens (including phenoxy) is 1. The number of hydrogen-bond donors (Lipinski definition) is 1. The molecule has 0 bridgehead atoms. The minimum atomic E-state index is -3.75. The van der Waals surface area contributed by atoms with E-state index < -0.39 is 21.8 Å². The average molecular weight is 351 g/mol. The van der Waals surface area contributed by atoms with Crippen LogP contribution in [0.4, 0.5) is 4.39 Å². The molecule has 2 aromatic carbocycles. The van der Waals surface area contributed by atoms with Gasteiger partial charge >= 0.3 is 5.97 Å². The minimum absolute atomic E-state index is 0.0343. The van der Waals surface area contributed by atoms with Crippen LogP contribution in [-0.4, -0.2) is 21.0 Å². The summed E-state index contributed by atoms with van der Waals surface area (Å²) in [5.74, 6) is -0.910. The van der Waals surface area contributed by atoms with Gasteiger partial charge in [0.2, 0.25) is 10.0 Å². The summed E-state index contributed by atoms with van der Waals surface area (Å²) >= 11 is 0. The van der Waals surface area contributed by atoms with Gasteiger partial charge in [-0.3, -0.25) is 0 Å². The number of sulfonamides is 1. The molecule has 128 valence electrons. The Morgan fingerprint density at radius 2 is 1.83 bits per heavy atom. The normalized spacial score (nSPS) is 11.3. The molecule has 24 heavy (non-hydrogen) atoms. The largest absolute Gasteiger partial charge is 0.462 e. The molecule has 0 amide bonds. The van der Waals surface area contributed by atoms with Crippen LogP contribution < -0.4 is 4.72 Å². The maximum absolute atomic E-state index is 13.1. The van der Waals surface area contributed by atoms with Crippen LogP contribution in [-0.2, 0) is 21.3 Å². The summed E-state index contributed by atoms with van der Waals surface area (Å²) in [6.45, 7) is 3.60. The van der Waals surface area contributed by atoms with Crippen LogP contribution in [0.25, 0.3) is 0 Å². The van der Waals surface area contributed by atoms with Crippen LogP contribution in [0.1, 0.15) is 28.4 Å². The van der Waals surface area contributed by atoms with Crippen LogP contribution >= 0.6 is 0 Å². The topological polar surface area (TPSA) is 72.5 Å². The fourth-order valence-electron chi connectivity index (χ4n) is 2.14. The first-order valence-corrected chi connectivity index (χ1v) is 8.83. The van der Waals surface area contributed by atoms with E-state index in [-0.39, 0.29) is 18.0 Å². The van der Waals surface area contributed by atoms with E-state index in [0.717, 1.165) is 6.07 Å². The number of nitrogens with one attached hydrogen (secondary N) is 1. The van der Waals surface area contributed by atoms with Crippen molar-refractivity contribution >= 4 is 16.0 Å². The third-order valence-corrected chi connectivity index (χ3v) is 4.92. The Labute approximate surface area is 140 Å². The van der Waals surface area contributed by atoms with Crippen LogP contribution in [0.15, 0.2) is 47.4 Å². The smallest absolute Gasteiger partial charge is 0.338 e. The van der Waals surface area contributed by atoms with Crippen LogP contribution in [0.2, 0.25) is 0 Å². The lowest BCUT2D eigenvalue weighted by atomic mass is 10.1. The highest BCUT2D eigenvalue weighted by Gasteiger charge is 2.17. The van der Waals surface area contributed by atoms with Gasteiger partial charge < -0.3 is 4.74 Å². The Bertz CT molecular complexity index is 832.